The van der Waals surface area contributed by atoms with E-state index in [1.165, 1.54) is 109 Å². The largest absolute Gasteiger partial charge is 0.143 e. The van der Waals surface area contributed by atoms with E-state index in [2.05, 4.69) is 40.2 Å². The highest BCUT2D eigenvalue weighted by Gasteiger charge is 2.37. The zero-order chi connectivity index (χ0) is 20.4. The van der Waals surface area contributed by atoms with E-state index in [9.17, 15) is 0 Å². The third-order valence-corrected chi connectivity index (χ3v) is 12.6. The molecule has 0 radical (unpaired) electrons. The molecule has 0 heterocycles. The maximum Gasteiger partial charge on any atom is 0.143 e. The lowest BCUT2D eigenvalue weighted by molar-refractivity contribution is 0.531. The van der Waals surface area contributed by atoms with E-state index in [-0.39, 0.29) is 0 Å². The molecule has 0 aromatic carbocycles. The smallest absolute Gasteiger partial charge is 0.134 e. The molecule has 0 aliphatic rings. The second kappa shape index (κ2) is 17.8. The third kappa shape index (κ3) is 12.8. The van der Waals surface area contributed by atoms with Crippen molar-refractivity contribution in [3.63, 3.8) is 0 Å². The lowest BCUT2D eigenvalue weighted by Gasteiger charge is -2.34. The van der Waals surface area contributed by atoms with Gasteiger partial charge in [-0.1, -0.05) is 137 Å². The number of hydrogen-bond donors (Lipinski definition) is 0. The molecule has 0 N–H and O–H groups in total. The molecule has 160 valence electrons. The maximum atomic E-state index is 5.99. The van der Waals surface area contributed by atoms with Gasteiger partial charge in [0.1, 0.15) is 8.07 Å². The highest BCUT2D eigenvalue weighted by Crippen LogP contribution is 2.36. The third-order valence-electron chi connectivity index (χ3n) is 6.77. The first-order valence-corrected chi connectivity index (χ1v) is 14.8. The van der Waals surface area contributed by atoms with Gasteiger partial charge < -0.3 is 0 Å². The Hall–Kier alpha value is -0.223. The molecule has 0 nitrogen and oxygen atoms in total. The fourth-order valence-electron chi connectivity index (χ4n) is 4.62. The Morgan fingerprint density at radius 2 is 0.852 bits per heavy atom. The Morgan fingerprint density at radius 3 is 1.11 bits per heavy atom. The number of unbranched alkanes of at least 4 members (excludes halogenated alkanes) is 15. The van der Waals surface area contributed by atoms with Gasteiger partial charge in [-0.15, -0.1) is 12.0 Å². The van der Waals surface area contributed by atoms with E-state index in [1.54, 1.807) is 0 Å². The monoisotopic (exact) mass is 392 g/mol. The van der Waals surface area contributed by atoms with Gasteiger partial charge in [0.2, 0.25) is 0 Å². The molecule has 1 heteroatoms. The zero-order valence-electron chi connectivity index (χ0n) is 19.8. The summed E-state index contributed by atoms with van der Waals surface area (Å²) in [6, 6.07) is 1.34. The van der Waals surface area contributed by atoms with Crippen LogP contribution in [0.2, 0.25) is 17.1 Å². The van der Waals surface area contributed by atoms with Crippen molar-refractivity contribution < 1.29 is 0 Å². The topological polar surface area (TPSA) is 0 Å². The summed E-state index contributed by atoms with van der Waals surface area (Å²) in [4.78, 5) is 0. The van der Waals surface area contributed by atoms with Crippen molar-refractivity contribution in [1.29, 1.82) is 0 Å². The van der Waals surface area contributed by atoms with Gasteiger partial charge in [0, 0.05) is 0 Å². The average molecular weight is 393 g/mol. The highest BCUT2D eigenvalue weighted by atomic mass is 28.3. The van der Waals surface area contributed by atoms with E-state index in [0.29, 0.717) is 0 Å². The van der Waals surface area contributed by atoms with Crippen LogP contribution in [0.4, 0.5) is 0 Å². The van der Waals surface area contributed by atoms with Crippen LogP contribution >= 0.6 is 0 Å². The van der Waals surface area contributed by atoms with E-state index < -0.39 is 8.07 Å². The van der Waals surface area contributed by atoms with Crippen LogP contribution in [-0.2, 0) is 0 Å². The molecular formula is C26H52Si. The Balaban J connectivity index is 3.44. The first-order chi connectivity index (χ1) is 13.0. The SMILES string of the molecule is C#C[Si](CCCCCCCCCCCCCCCCCC)(C(C)C)C(C)C. The van der Waals surface area contributed by atoms with Crippen LogP contribution in [0, 0.1) is 12.0 Å². The first-order valence-electron chi connectivity index (χ1n) is 12.5. The predicted octanol–water partition coefficient (Wildman–Crippen LogP) is 9.69. The molecule has 0 atom stereocenters. The molecule has 0 bridgehead atoms. The second-order valence-electron chi connectivity index (χ2n) is 9.55. The van der Waals surface area contributed by atoms with Gasteiger partial charge >= 0.3 is 0 Å². The fourth-order valence-corrected chi connectivity index (χ4v) is 8.75. The molecule has 0 aromatic heterocycles. The summed E-state index contributed by atoms with van der Waals surface area (Å²) in [5.74, 6) is 0. The molecule has 0 unspecified atom stereocenters. The molecule has 0 rings (SSSR count). The van der Waals surface area contributed by atoms with Crippen molar-refractivity contribution in [3.05, 3.63) is 0 Å². The summed E-state index contributed by atoms with van der Waals surface area (Å²) in [5, 5.41) is 0. The average Bonchev–Trinajstić information content (AvgIpc) is 2.64. The molecule has 0 amide bonds. The van der Waals surface area contributed by atoms with Crippen molar-refractivity contribution >= 4 is 8.07 Å². The summed E-state index contributed by atoms with van der Waals surface area (Å²) in [6.45, 7) is 11.7. The summed E-state index contributed by atoms with van der Waals surface area (Å²) < 4.78 is 0. The van der Waals surface area contributed by atoms with Crippen LogP contribution in [-0.4, -0.2) is 8.07 Å². The molecule has 0 spiro atoms. The van der Waals surface area contributed by atoms with E-state index in [4.69, 9.17) is 6.42 Å². The van der Waals surface area contributed by atoms with Crippen LogP contribution < -0.4 is 0 Å². The molecule has 27 heavy (non-hydrogen) atoms. The van der Waals surface area contributed by atoms with E-state index >= 15 is 0 Å². The maximum absolute atomic E-state index is 5.99. The van der Waals surface area contributed by atoms with Gasteiger partial charge in [-0.3, -0.25) is 0 Å². The quantitative estimate of drug-likeness (QED) is 0.116. The van der Waals surface area contributed by atoms with Crippen molar-refractivity contribution in [2.24, 2.45) is 0 Å². The van der Waals surface area contributed by atoms with Gasteiger partial charge in [-0.25, -0.2) is 0 Å². The molecule has 0 fully saturated rings. The standard InChI is InChI=1S/C26H52Si/c1-7-9-10-11-12-13-14-15-16-17-18-19-20-21-22-23-24-27(8-2,25(3)4)26(5)6/h2,25-26H,7,9-24H2,1,3-6H3. The summed E-state index contributed by atoms with van der Waals surface area (Å²) in [7, 11) is -1.50. The number of terminal acetylenes is 1. The molecule has 0 aliphatic carbocycles. The Bertz CT molecular complexity index is 342. The normalized spacial score (nSPS) is 12.1. The molecule has 0 saturated heterocycles. The van der Waals surface area contributed by atoms with Gasteiger partial charge in [0.25, 0.3) is 0 Å². The number of hydrogen-bond acceptors (Lipinski definition) is 0. The fraction of sp³-hybridized carbons (Fsp3) is 0.923. The second-order valence-corrected chi connectivity index (χ2v) is 14.7. The number of rotatable bonds is 19. The Labute approximate surface area is 174 Å². The van der Waals surface area contributed by atoms with Crippen molar-refractivity contribution in [2.45, 2.75) is 154 Å². The summed E-state index contributed by atoms with van der Waals surface area (Å²) in [6.07, 6.45) is 29.0. The van der Waals surface area contributed by atoms with Gasteiger partial charge in [-0.05, 0) is 17.1 Å². The zero-order valence-corrected chi connectivity index (χ0v) is 20.8. The molecular weight excluding hydrogens is 340 g/mol. The minimum Gasteiger partial charge on any atom is -0.134 e. The first kappa shape index (κ1) is 26.8. The van der Waals surface area contributed by atoms with Crippen LogP contribution in [0.25, 0.3) is 0 Å². The van der Waals surface area contributed by atoms with Gasteiger partial charge in [-0.2, -0.15) is 0 Å². The highest BCUT2D eigenvalue weighted by molar-refractivity contribution is 6.89. The van der Waals surface area contributed by atoms with Gasteiger partial charge in [0.15, 0.2) is 0 Å². The predicted molar refractivity (Wildman–Crippen MR) is 129 cm³/mol. The van der Waals surface area contributed by atoms with Gasteiger partial charge in [0.05, 0.1) is 0 Å². The van der Waals surface area contributed by atoms with Crippen molar-refractivity contribution in [1.82, 2.24) is 0 Å². The van der Waals surface area contributed by atoms with Crippen molar-refractivity contribution in [3.8, 4) is 12.0 Å². The summed E-state index contributed by atoms with van der Waals surface area (Å²) in [5.41, 5.74) is 4.75. The molecule has 0 aromatic rings. The summed E-state index contributed by atoms with van der Waals surface area (Å²) >= 11 is 0. The Morgan fingerprint density at radius 1 is 0.556 bits per heavy atom. The van der Waals surface area contributed by atoms with Crippen LogP contribution in [0.3, 0.4) is 0 Å². The van der Waals surface area contributed by atoms with Crippen molar-refractivity contribution in [2.75, 3.05) is 0 Å². The van der Waals surface area contributed by atoms with Crippen LogP contribution in [0.5, 0.6) is 0 Å². The van der Waals surface area contributed by atoms with E-state index in [1.807, 2.05) is 0 Å². The van der Waals surface area contributed by atoms with E-state index in [0.717, 1.165) is 11.1 Å². The molecule has 0 saturated carbocycles. The minimum atomic E-state index is -1.50. The lowest BCUT2D eigenvalue weighted by atomic mass is 10.0. The lowest BCUT2D eigenvalue weighted by Crippen LogP contribution is -2.39. The Kier molecular flexibility index (Phi) is 17.7. The van der Waals surface area contributed by atoms with Crippen LogP contribution in [0.1, 0.15) is 137 Å². The van der Waals surface area contributed by atoms with Crippen LogP contribution in [0.15, 0.2) is 0 Å². The molecule has 0 aliphatic heterocycles. The minimum absolute atomic E-state index is 0.721.